The quantitative estimate of drug-likeness (QED) is 0.656. The lowest BCUT2D eigenvalue weighted by Crippen LogP contribution is -2.29. The predicted octanol–water partition coefficient (Wildman–Crippen LogP) is 4.19. The summed E-state index contributed by atoms with van der Waals surface area (Å²) in [5, 5.41) is 1.09. The fraction of sp³-hybridized carbons (Fsp3) is 0.500. The van der Waals surface area contributed by atoms with E-state index in [9.17, 15) is 8.42 Å². The van der Waals surface area contributed by atoms with Crippen LogP contribution in [0.5, 0.6) is 0 Å². The maximum atomic E-state index is 12.2. The van der Waals surface area contributed by atoms with Gasteiger partial charge in [0.1, 0.15) is 4.90 Å². The average Bonchev–Trinajstić information content (AvgIpc) is 2.34. The normalized spacial score (nSPS) is 13.5. The van der Waals surface area contributed by atoms with Crippen molar-refractivity contribution in [3.05, 3.63) is 27.7 Å². The van der Waals surface area contributed by atoms with E-state index in [0.29, 0.717) is 12.5 Å². The molecule has 108 valence electrons. The lowest BCUT2D eigenvalue weighted by atomic mass is 10.0. The van der Waals surface area contributed by atoms with E-state index in [0.717, 1.165) is 22.6 Å². The molecule has 0 aliphatic heterocycles. The Morgan fingerprint density at radius 3 is 2.63 bits per heavy atom. The first-order valence-electron chi connectivity index (χ1n) is 5.91. The molecule has 0 saturated heterocycles. The van der Waals surface area contributed by atoms with E-state index in [-0.39, 0.29) is 9.92 Å². The molecule has 1 atom stereocenters. The molecule has 0 aromatic heterocycles. The minimum atomic E-state index is -3.55. The topological polar surface area (TPSA) is 46.2 Å². The van der Waals surface area contributed by atoms with Crippen molar-refractivity contribution in [3.8, 4) is 0 Å². The zero-order chi connectivity index (χ0) is 14.5. The molecule has 0 aliphatic rings. The fourth-order valence-electron chi connectivity index (χ4n) is 1.60. The van der Waals surface area contributed by atoms with Crippen LogP contribution < -0.4 is 4.72 Å². The SMILES string of the molecule is CCC(CCBr)CNS(=O)(=O)c1ccc(Br)cc1Cl. The van der Waals surface area contributed by atoms with Gasteiger partial charge in [-0.25, -0.2) is 13.1 Å². The molecule has 1 rings (SSSR count). The Balaban J connectivity index is 2.81. The number of rotatable bonds is 7. The second-order valence-electron chi connectivity index (χ2n) is 4.18. The molecule has 3 nitrogen and oxygen atoms in total. The van der Waals surface area contributed by atoms with Crippen molar-refractivity contribution in [2.45, 2.75) is 24.7 Å². The monoisotopic (exact) mass is 431 g/mol. The van der Waals surface area contributed by atoms with Crippen LogP contribution >= 0.6 is 43.5 Å². The van der Waals surface area contributed by atoms with E-state index < -0.39 is 10.0 Å². The molecular formula is C12H16Br2ClNO2S. The van der Waals surface area contributed by atoms with Crippen LogP contribution in [0.2, 0.25) is 5.02 Å². The van der Waals surface area contributed by atoms with Gasteiger partial charge in [-0.2, -0.15) is 0 Å². The first kappa shape index (κ1) is 17.4. The summed E-state index contributed by atoms with van der Waals surface area (Å²) >= 11 is 12.6. The zero-order valence-electron chi connectivity index (χ0n) is 10.5. The van der Waals surface area contributed by atoms with Crippen molar-refractivity contribution >= 4 is 53.5 Å². The Morgan fingerprint density at radius 1 is 1.42 bits per heavy atom. The Kier molecular flexibility index (Phi) is 7.32. The first-order valence-corrected chi connectivity index (χ1v) is 9.69. The number of alkyl halides is 1. The summed E-state index contributed by atoms with van der Waals surface area (Å²) in [5.74, 6) is 0.323. The van der Waals surface area contributed by atoms with Crippen LogP contribution in [-0.2, 0) is 10.0 Å². The van der Waals surface area contributed by atoms with Crippen molar-refractivity contribution in [2.75, 3.05) is 11.9 Å². The minimum Gasteiger partial charge on any atom is -0.211 e. The van der Waals surface area contributed by atoms with Crippen molar-refractivity contribution in [1.29, 1.82) is 0 Å². The molecule has 0 amide bonds. The Bertz CT molecular complexity index is 522. The maximum absolute atomic E-state index is 12.2. The van der Waals surface area contributed by atoms with Gasteiger partial charge in [-0.1, -0.05) is 56.8 Å². The molecule has 1 N–H and O–H groups in total. The highest BCUT2D eigenvalue weighted by molar-refractivity contribution is 9.10. The number of hydrogen-bond donors (Lipinski definition) is 1. The van der Waals surface area contributed by atoms with Crippen LogP contribution in [0.1, 0.15) is 19.8 Å². The molecule has 0 bridgehead atoms. The molecule has 0 aliphatic carbocycles. The van der Waals surface area contributed by atoms with Crippen LogP contribution in [-0.4, -0.2) is 20.3 Å². The number of sulfonamides is 1. The lowest BCUT2D eigenvalue weighted by molar-refractivity contribution is 0.483. The van der Waals surface area contributed by atoms with Crippen LogP contribution in [0.15, 0.2) is 27.6 Å². The summed E-state index contributed by atoms with van der Waals surface area (Å²) in [7, 11) is -3.55. The highest BCUT2D eigenvalue weighted by atomic mass is 79.9. The third-order valence-corrected chi connectivity index (χ3v) is 5.70. The highest BCUT2D eigenvalue weighted by Crippen LogP contribution is 2.25. The molecule has 0 radical (unpaired) electrons. The van der Waals surface area contributed by atoms with Gasteiger partial charge in [0.25, 0.3) is 0 Å². The summed E-state index contributed by atoms with van der Waals surface area (Å²) in [6.07, 6.45) is 1.87. The Hall–Kier alpha value is 0.380. The molecular weight excluding hydrogens is 417 g/mol. The fourth-order valence-corrected chi connectivity index (χ4v) is 4.40. The number of nitrogens with one attached hydrogen (secondary N) is 1. The molecule has 0 heterocycles. The van der Waals surface area contributed by atoms with Gasteiger partial charge in [0.15, 0.2) is 0 Å². The van der Waals surface area contributed by atoms with Crippen LogP contribution in [0, 0.1) is 5.92 Å². The van der Waals surface area contributed by atoms with E-state index in [4.69, 9.17) is 11.6 Å². The Labute approximate surface area is 136 Å². The van der Waals surface area contributed by atoms with Crippen LogP contribution in [0.25, 0.3) is 0 Å². The van der Waals surface area contributed by atoms with Crippen molar-refractivity contribution in [2.24, 2.45) is 5.92 Å². The van der Waals surface area contributed by atoms with Gasteiger partial charge in [0.2, 0.25) is 10.0 Å². The molecule has 7 heteroatoms. The maximum Gasteiger partial charge on any atom is 0.242 e. The van der Waals surface area contributed by atoms with Gasteiger partial charge in [-0.3, -0.25) is 0 Å². The van der Waals surface area contributed by atoms with E-state index in [1.807, 2.05) is 6.92 Å². The van der Waals surface area contributed by atoms with Crippen LogP contribution in [0.4, 0.5) is 0 Å². The molecule has 0 saturated carbocycles. The van der Waals surface area contributed by atoms with Gasteiger partial charge in [0.05, 0.1) is 5.02 Å². The third kappa shape index (κ3) is 5.34. The molecule has 1 aromatic rings. The minimum absolute atomic E-state index is 0.117. The van der Waals surface area contributed by atoms with E-state index in [1.165, 1.54) is 6.07 Å². The number of benzene rings is 1. The summed E-state index contributed by atoms with van der Waals surface area (Å²) in [5.41, 5.74) is 0. The third-order valence-electron chi connectivity index (χ3n) is 2.84. The zero-order valence-corrected chi connectivity index (χ0v) is 15.2. The van der Waals surface area contributed by atoms with E-state index in [2.05, 4.69) is 36.6 Å². The summed E-state index contributed by atoms with van der Waals surface area (Å²) < 4.78 is 27.7. The second kappa shape index (κ2) is 7.98. The molecule has 1 unspecified atom stereocenters. The summed E-state index contributed by atoms with van der Waals surface area (Å²) in [6.45, 7) is 2.48. The molecule has 1 aromatic carbocycles. The Morgan fingerprint density at radius 2 is 2.11 bits per heavy atom. The molecule has 0 spiro atoms. The van der Waals surface area contributed by atoms with Gasteiger partial charge in [-0.05, 0) is 30.5 Å². The number of halogens is 3. The van der Waals surface area contributed by atoms with Crippen molar-refractivity contribution < 1.29 is 8.42 Å². The predicted molar refractivity (Wildman–Crippen MR) is 86.5 cm³/mol. The average molecular weight is 434 g/mol. The smallest absolute Gasteiger partial charge is 0.211 e. The summed E-state index contributed by atoms with van der Waals surface area (Å²) in [6, 6.07) is 4.74. The summed E-state index contributed by atoms with van der Waals surface area (Å²) in [4.78, 5) is 0.117. The van der Waals surface area contributed by atoms with Crippen LogP contribution in [0.3, 0.4) is 0 Å². The van der Waals surface area contributed by atoms with Crippen molar-refractivity contribution in [3.63, 3.8) is 0 Å². The van der Waals surface area contributed by atoms with E-state index in [1.54, 1.807) is 12.1 Å². The standard InChI is InChI=1S/C12H16Br2ClNO2S/c1-2-9(5-6-13)8-16-19(17,18)12-4-3-10(14)7-11(12)15/h3-4,7,9,16H,2,5-6,8H2,1H3. The van der Waals surface area contributed by atoms with E-state index >= 15 is 0 Å². The van der Waals surface area contributed by atoms with Gasteiger partial charge in [0, 0.05) is 16.3 Å². The first-order chi connectivity index (χ1) is 8.90. The number of hydrogen-bond acceptors (Lipinski definition) is 2. The van der Waals surface area contributed by atoms with Crippen molar-refractivity contribution in [1.82, 2.24) is 4.72 Å². The van der Waals surface area contributed by atoms with Gasteiger partial charge < -0.3 is 0 Å². The molecule has 19 heavy (non-hydrogen) atoms. The highest BCUT2D eigenvalue weighted by Gasteiger charge is 2.19. The molecule has 0 fully saturated rings. The lowest BCUT2D eigenvalue weighted by Gasteiger charge is -2.15. The second-order valence-corrected chi connectivity index (χ2v) is 8.03. The van der Waals surface area contributed by atoms with Gasteiger partial charge >= 0.3 is 0 Å². The largest absolute Gasteiger partial charge is 0.242 e. The van der Waals surface area contributed by atoms with Gasteiger partial charge in [-0.15, -0.1) is 0 Å².